The van der Waals surface area contributed by atoms with Crippen LogP contribution >= 0.6 is 23.8 Å². The van der Waals surface area contributed by atoms with Crippen LogP contribution in [0.2, 0.25) is 5.02 Å². The molecule has 1 heterocycles. The van der Waals surface area contributed by atoms with Crippen molar-refractivity contribution in [2.24, 2.45) is 5.10 Å². The normalized spacial score (nSPS) is 10.9. The molecule has 0 aliphatic heterocycles. The Morgan fingerprint density at radius 2 is 1.93 bits per heavy atom. The molecular formula is C19H15ClF2N4S. The van der Waals surface area contributed by atoms with Crippen LogP contribution in [0.5, 0.6) is 0 Å². The summed E-state index contributed by atoms with van der Waals surface area (Å²) in [7, 11) is 0. The molecule has 0 radical (unpaired) electrons. The number of hydrogen-bond acceptors (Lipinski definition) is 2. The van der Waals surface area contributed by atoms with Gasteiger partial charge in [0.1, 0.15) is 11.6 Å². The summed E-state index contributed by atoms with van der Waals surface area (Å²) >= 11 is 10.9. The average Bonchev–Trinajstić information content (AvgIpc) is 3.07. The molecule has 4 nitrogen and oxygen atoms in total. The Kier molecular flexibility index (Phi) is 6.16. The topological polar surface area (TPSA) is 41.4 Å². The molecule has 27 heavy (non-hydrogen) atoms. The Morgan fingerprint density at radius 3 is 2.70 bits per heavy atom. The highest BCUT2D eigenvalue weighted by Gasteiger charge is 2.05. The van der Waals surface area contributed by atoms with Gasteiger partial charge in [-0.25, -0.2) is 8.78 Å². The molecule has 0 saturated heterocycles. The summed E-state index contributed by atoms with van der Waals surface area (Å²) in [6.45, 7) is 0.387. The number of nitrogens with one attached hydrogen (secondary N) is 2. The smallest absolute Gasteiger partial charge is 0.191 e. The second-order valence-electron chi connectivity index (χ2n) is 5.61. The van der Waals surface area contributed by atoms with Crippen molar-refractivity contribution in [3.63, 3.8) is 0 Å². The van der Waals surface area contributed by atoms with Crippen LogP contribution < -0.4 is 10.7 Å². The van der Waals surface area contributed by atoms with Crippen molar-refractivity contribution in [1.82, 2.24) is 9.99 Å². The summed E-state index contributed by atoms with van der Waals surface area (Å²) in [6.07, 6.45) is 3.41. The van der Waals surface area contributed by atoms with Crippen molar-refractivity contribution in [2.75, 3.05) is 5.32 Å². The van der Waals surface area contributed by atoms with E-state index in [2.05, 4.69) is 15.8 Å². The lowest BCUT2D eigenvalue weighted by Gasteiger charge is -2.09. The van der Waals surface area contributed by atoms with Crippen LogP contribution in [0.4, 0.5) is 14.5 Å². The molecule has 2 aromatic carbocycles. The molecule has 3 rings (SSSR count). The monoisotopic (exact) mass is 404 g/mol. The highest BCUT2D eigenvalue weighted by atomic mass is 35.5. The molecule has 0 atom stereocenters. The summed E-state index contributed by atoms with van der Waals surface area (Å²) in [5, 5.41) is 7.15. The first-order valence-electron chi connectivity index (χ1n) is 7.96. The minimum Gasteiger partial charge on any atom is -0.342 e. The highest BCUT2D eigenvalue weighted by Crippen LogP contribution is 2.19. The van der Waals surface area contributed by atoms with Crippen LogP contribution in [0, 0.1) is 11.6 Å². The van der Waals surface area contributed by atoms with Crippen LogP contribution in [-0.4, -0.2) is 15.9 Å². The summed E-state index contributed by atoms with van der Waals surface area (Å²) in [6, 6.07) is 14.5. The Balaban J connectivity index is 1.60. The van der Waals surface area contributed by atoms with Gasteiger partial charge < -0.3 is 9.88 Å². The van der Waals surface area contributed by atoms with E-state index in [1.165, 1.54) is 24.3 Å². The lowest BCUT2D eigenvalue weighted by Crippen LogP contribution is -2.24. The first kappa shape index (κ1) is 19.0. The van der Waals surface area contributed by atoms with E-state index in [4.69, 9.17) is 23.8 Å². The first-order valence-corrected chi connectivity index (χ1v) is 8.75. The fraction of sp³-hybridized carbons (Fsp3) is 0.0526. The molecule has 0 saturated carbocycles. The summed E-state index contributed by atoms with van der Waals surface area (Å²) in [5.41, 5.74) is 4.57. The van der Waals surface area contributed by atoms with E-state index in [-0.39, 0.29) is 16.0 Å². The zero-order chi connectivity index (χ0) is 19.2. The number of rotatable bonds is 5. The van der Waals surface area contributed by atoms with E-state index in [1.807, 2.05) is 22.9 Å². The molecule has 8 heteroatoms. The zero-order valence-electron chi connectivity index (χ0n) is 14.0. The van der Waals surface area contributed by atoms with Crippen molar-refractivity contribution < 1.29 is 8.78 Å². The number of nitrogens with zero attached hydrogens (tertiary/aromatic N) is 2. The van der Waals surface area contributed by atoms with Crippen LogP contribution in [0.15, 0.2) is 65.9 Å². The maximum absolute atomic E-state index is 13.8. The van der Waals surface area contributed by atoms with Gasteiger partial charge >= 0.3 is 0 Å². The minimum atomic E-state index is -0.505. The van der Waals surface area contributed by atoms with Crippen LogP contribution in [-0.2, 0) is 6.54 Å². The molecule has 0 aliphatic rings. The van der Waals surface area contributed by atoms with Gasteiger partial charge in [0, 0.05) is 17.4 Å². The van der Waals surface area contributed by atoms with Gasteiger partial charge in [0.2, 0.25) is 0 Å². The Hall–Kier alpha value is -2.77. The average molecular weight is 405 g/mol. The van der Waals surface area contributed by atoms with Gasteiger partial charge in [-0.3, -0.25) is 5.43 Å². The molecule has 0 fully saturated rings. The molecule has 0 aliphatic carbocycles. The minimum absolute atomic E-state index is 0.00253. The lowest BCUT2D eigenvalue weighted by atomic mass is 10.2. The van der Waals surface area contributed by atoms with Crippen molar-refractivity contribution >= 4 is 40.8 Å². The zero-order valence-corrected chi connectivity index (χ0v) is 15.6. The predicted octanol–water partition coefficient (Wildman–Crippen LogP) is 4.79. The van der Waals surface area contributed by atoms with Gasteiger partial charge in [-0.15, -0.1) is 0 Å². The second kappa shape index (κ2) is 8.75. The largest absolute Gasteiger partial charge is 0.342 e. The van der Waals surface area contributed by atoms with Crippen molar-refractivity contribution in [2.45, 2.75) is 6.54 Å². The van der Waals surface area contributed by atoms with Crippen molar-refractivity contribution in [3.05, 3.63) is 88.7 Å². The van der Waals surface area contributed by atoms with E-state index in [1.54, 1.807) is 24.4 Å². The molecule has 2 N–H and O–H groups in total. The number of hydrogen-bond donors (Lipinski definition) is 2. The number of hydrazone groups is 1. The fourth-order valence-corrected chi connectivity index (χ4v) is 2.74. The van der Waals surface area contributed by atoms with Crippen LogP contribution in [0.1, 0.15) is 11.3 Å². The summed E-state index contributed by atoms with van der Waals surface area (Å²) < 4.78 is 28.8. The van der Waals surface area contributed by atoms with E-state index in [9.17, 15) is 8.78 Å². The number of anilines is 1. The van der Waals surface area contributed by atoms with Gasteiger partial charge in [0.05, 0.1) is 23.5 Å². The highest BCUT2D eigenvalue weighted by molar-refractivity contribution is 7.80. The third kappa shape index (κ3) is 5.12. The second-order valence-corrected chi connectivity index (χ2v) is 6.42. The molecule has 0 spiro atoms. The maximum Gasteiger partial charge on any atom is 0.191 e. The molecule has 138 valence electrons. The van der Waals surface area contributed by atoms with E-state index in [0.29, 0.717) is 17.8 Å². The van der Waals surface area contributed by atoms with E-state index in [0.717, 1.165) is 5.69 Å². The van der Waals surface area contributed by atoms with Crippen LogP contribution in [0.3, 0.4) is 0 Å². The molecule has 0 amide bonds. The molecule has 0 unspecified atom stereocenters. The number of halogens is 3. The Bertz CT molecular complexity index is 987. The SMILES string of the molecule is Fc1ccc(NC(=S)N/N=C\c2cccn2Cc2ccccc2F)cc1Cl. The molecule has 1 aromatic heterocycles. The summed E-state index contributed by atoms with van der Waals surface area (Å²) in [4.78, 5) is 0. The number of aromatic nitrogens is 1. The third-order valence-corrected chi connectivity index (χ3v) is 4.19. The Labute approximate surface area is 165 Å². The van der Waals surface area contributed by atoms with Crippen molar-refractivity contribution in [3.8, 4) is 0 Å². The van der Waals surface area contributed by atoms with Gasteiger partial charge in [0.15, 0.2) is 5.11 Å². The van der Waals surface area contributed by atoms with E-state index < -0.39 is 5.82 Å². The van der Waals surface area contributed by atoms with E-state index >= 15 is 0 Å². The van der Waals surface area contributed by atoms with Gasteiger partial charge in [-0.05, 0) is 48.6 Å². The fourth-order valence-electron chi connectivity index (χ4n) is 2.39. The standard InChI is InChI=1S/C19H15ClF2N4S/c20-16-10-14(7-8-18(16)22)24-19(27)25-23-11-15-5-3-9-26(15)12-13-4-1-2-6-17(13)21/h1-11H,12H2,(H2,24,25,27)/b23-11-. The first-order chi connectivity index (χ1) is 13.0. The number of benzene rings is 2. The number of thiocarbonyl (C=S) groups is 1. The molecular weight excluding hydrogens is 390 g/mol. The quantitative estimate of drug-likeness (QED) is 0.365. The summed E-state index contributed by atoms with van der Waals surface area (Å²) in [5.74, 6) is -0.759. The lowest BCUT2D eigenvalue weighted by molar-refractivity contribution is 0.599. The van der Waals surface area contributed by atoms with Crippen molar-refractivity contribution in [1.29, 1.82) is 0 Å². The Morgan fingerprint density at radius 1 is 1.11 bits per heavy atom. The van der Waals surface area contributed by atoms with Gasteiger partial charge in [0.25, 0.3) is 0 Å². The van der Waals surface area contributed by atoms with Gasteiger partial charge in [-0.1, -0.05) is 29.8 Å². The molecule has 0 bridgehead atoms. The maximum atomic E-state index is 13.8. The van der Waals surface area contributed by atoms with Gasteiger partial charge in [-0.2, -0.15) is 5.10 Å². The molecule has 3 aromatic rings. The third-order valence-electron chi connectivity index (χ3n) is 3.70. The predicted molar refractivity (Wildman–Crippen MR) is 108 cm³/mol. The van der Waals surface area contributed by atoms with Crippen LogP contribution in [0.25, 0.3) is 0 Å².